The van der Waals surface area contributed by atoms with Crippen molar-refractivity contribution in [3.8, 4) is 0 Å². The van der Waals surface area contributed by atoms with Crippen molar-refractivity contribution in [2.75, 3.05) is 17.1 Å². The van der Waals surface area contributed by atoms with E-state index in [-0.39, 0.29) is 37.0 Å². The summed E-state index contributed by atoms with van der Waals surface area (Å²) in [6.07, 6.45) is -3.64. The molecule has 0 saturated carbocycles. The van der Waals surface area contributed by atoms with E-state index in [1.54, 1.807) is 19.1 Å². The number of rotatable bonds is 8. The summed E-state index contributed by atoms with van der Waals surface area (Å²) in [5.41, 5.74) is -0.376. The summed E-state index contributed by atoms with van der Waals surface area (Å²) in [6.45, 7) is 1.56. The SMILES string of the molecule is C[C@@H](NC(=O)CCCN(c1cccc(C(F)(F)F)c1)S(C)(=O)=O)c1ccc(F)cc1. The van der Waals surface area contributed by atoms with Gasteiger partial charge in [0.05, 0.1) is 23.5 Å². The van der Waals surface area contributed by atoms with Gasteiger partial charge in [-0.15, -0.1) is 0 Å². The van der Waals surface area contributed by atoms with Crippen LogP contribution in [0.25, 0.3) is 0 Å². The molecule has 5 nitrogen and oxygen atoms in total. The second-order valence-corrected chi connectivity index (χ2v) is 8.73. The molecule has 0 unspecified atom stereocenters. The Kier molecular flexibility index (Phi) is 7.46. The Morgan fingerprint density at radius 3 is 2.33 bits per heavy atom. The molecule has 10 heteroatoms. The number of carbonyl (C=O) groups excluding carboxylic acids is 1. The van der Waals surface area contributed by atoms with Crippen LogP contribution < -0.4 is 9.62 Å². The van der Waals surface area contributed by atoms with E-state index in [4.69, 9.17) is 0 Å². The second kappa shape index (κ2) is 9.46. The molecule has 1 N–H and O–H groups in total. The van der Waals surface area contributed by atoms with Crippen LogP contribution in [0.3, 0.4) is 0 Å². The molecular weight excluding hydrogens is 424 g/mol. The van der Waals surface area contributed by atoms with Gasteiger partial charge in [-0.1, -0.05) is 18.2 Å². The predicted molar refractivity (Wildman–Crippen MR) is 106 cm³/mol. The van der Waals surface area contributed by atoms with E-state index < -0.39 is 27.6 Å². The number of nitrogens with one attached hydrogen (secondary N) is 1. The highest BCUT2D eigenvalue weighted by Crippen LogP contribution is 2.32. The Balaban J connectivity index is 2.00. The number of benzene rings is 2. The van der Waals surface area contributed by atoms with E-state index in [1.807, 2.05) is 0 Å². The summed E-state index contributed by atoms with van der Waals surface area (Å²) >= 11 is 0. The first-order valence-electron chi connectivity index (χ1n) is 9.08. The largest absolute Gasteiger partial charge is 0.416 e. The molecule has 0 fully saturated rings. The molecule has 2 rings (SSSR count). The van der Waals surface area contributed by atoms with Crippen molar-refractivity contribution in [1.29, 1.82) is 0 Å². The molecule has 2 aromatic rings. The van der Waals surface area contributed by atoms with Crippen LogP contribution in [0.2, 0.25) is 0 Å². The van der Waals surface area contributed by atoms with Crippen LogP contribution in [-0.4, -0.2) is 27.1 Å². The smallest absolute Gasteiger partial charge is 0.350 e. The highest BCUT2D eigenvalue weighted by molar-refractivity contribution is 7.92. The molecule has 0 heterocycles. The van der Waals surface area contributed by atoms with Gasteiger partial charge in [-0.25, -0.2) is 12.8 Å². The van der Waals surface area contributed by atoms with Gasteiger partial charge in [0, 0.05) is 13.0 Å². The predicted octanol–water partition coefficient (Wildman–Crippen LogP) is 4.27. The van der Waals surface area contributed by atoms with Gasteiger partial charge in [-0.05, 0) is 49.2 Å². The minimum absolute atomic E-state index is 0.0312. The molecule has 2 aromatic carbocycles. The molecule has 0 aliphatic rings. The third-order valence-electron chi connectivity index (χ3n) is 4.37. The van der Waals surface area contributed by atoms with Crippen LogP contribution >= 0.6 is 0 Å². The first-order chi connectivity index (χ1) is 13.9. The number of alkyl halides is 3. The Labute approximate surface area is 172 Å². The van der Waals surface area contributed by atoms with Crippen molar-refractivity contribution in [3.63, 3.8) is 0 Å². The van der Waals surface area contributed by atoms with Gasteiger partial charge in [-0.3, -0.25) is 9.10 Å². The Bertz CT molecular complexity index is 976. The molecule has 0 bridgehead atoms. The molecule has 164 valence electrons. The van der Waals surface area contributed by atoms with Crippen LogP contribution in [-0.2, 0) is 21.0 Å². The lowest BCUT2D eigenvalue weighted by molar-refractivity contribution is -0.137. The third-order valence-corrected chi connectivity index (χ3v) is 5.57. The first kappa shape index (κ1) is 23.7. The fourth-order valence-corrected chi connectivity index (χ4v) is 3.81. The second-order valence-electron chi connectivity index (χ2n) is 6.83. The molecule has 1 amide bonds. The maximum absolute atomic E-state index is 13.0. The number of nitrogens with zero attached hydrogens (tertiary/aromatic N) is 1. The van der Waals surface area contributed by atoms with E-state index in [0.717, 1.165) is 28.8 Å². The average molecular weight is 446 g/mol. The minimum Gasteiger partial charge on any atom is -0.350 e. The van der Waals surface area contributed by atoms with E-state index in [0.29, 0.717) is 5.56 Å². The number of sulfonamides is 1. The highest BCUT2D eigenvalue weighted by atomic mass is 32.2. The van der Waals surface area contributed by atoms with Crippen molar-refractivity contribution in [2.45, 2.75) is 32.0 Å². The molecule has 30 heavy (non-hydrogen) atoms. The van der Waals surface area contributed by atoms with Crippen molar-refractivity contribution >= 4 is 21.6 Å². The van der Waals surface area contributed by atoms with Gasteiger partial charge in [0.25, 0.3) is 0 Å². The lowest BCUT2D eigenvalue weighted by Gasteiger charge is -2.23. The summed E-state index contributed by atoms with van der Waals surface area (Å²) in [6, 6.07) is 9.27. The fraction of sp³-hybridized carbons (Fsp3) is 0.350. The zero-order valence-electron chi connectivity index (χ0n) is 16.4. The molecular formula is C20H22F4N2O3S. The number of anilines is 1. The zero-order chi connectivity index (χ0) is 22.5. The summed E-state index contributed by atoms with van der Waals surface area (Å²) in [4.78, 5) is 12.1. The third kappa shape index (κ3) is 6.72. The number of hydrogen-bond acceptors (Lipinski definition) is 3. The van der Waals surface area contributed by atoms with Crippen molar-refractivity contribution < 1.29 is 30.8 Å². The summed E-state index contributed by atoms with van der Waals surface area (Å²) in [5.74, 6) is -0.753. The Morgan fingerprint density at radius 1 is 1.13 bits per heavy atom. The average Bonchev–Trinajstić information content (AvgIpc) is 2.64. The molecule has 0 aromatic heterocycles. The normalized spacial score (nSPS) is 13.0. The molecule has 0 spiro atoms. The van der Waals surface area contributed by atoms with Crippen molar-refractivity contribution in [3.05, 3.63) is 65.5 Å². The van der Waals surface area contributed by atoms with E-state index >= 15 is 0 Å². The summed E-state index contributed by atoms with van der Waals surface area (Å²) in [7, 11) is -3.85. The number of carbonyl (C=O) groups is 1. The van der Waals surface area contributed by atoms with E-state index in [2.05, 4.69) is 5.32 Å². The molecule has 0 saturated heterocycles. The number of amides is 1. The number of hydrogen-bond donors (Lipinski definition) is 1. The van der Waals surface area contributed by atoms with Gasteiger partial charge >= 0.3 is 6.18 Å². The standard InChI is InChI=1S/C20H22F4N2O3S/c1-14(15-8-10-17(21)11-9-15)25-19(27)7-4-12-26(30(2,28)29)18-6-3-5-16(13-18)20(22,23)24/h3,5-6,8-11,13-14H,4,7,12H2,1-2H3,(H,25,27)/t14-/m1/s1. The van der Waals surface area contributed by atoms with Gasteiger partial charge in [0.2, 0.25) is 15.9 Å². The lowest BCUT2D eigenvalue weighted by Crippen LogP contribution is -2.32. The molecule has 0 aliphatic carbocycles. The topological polar surface area (TPSA) is 66.5 Å². The van der Waals surface area contributed by atoms with E-state index in [1.165, 1.54) is 18.2 Å². The van der Waals surface area contributed by atoms with Crippen molar-refractivity contribution in [1.82, 2.24) is 5.32 Å². The maximum Gasteiger partial charge on any atom is 0.416 e. The molecule has 1 atom stereocenters. The summed E-state index contributed by atoms with van der Waals surface area (Å²) < 4.78 is 76.8. The van der Waals surface area contributed by atoms with Gasteiger partial charge in [0.1, 0.15) is 5.82 Å². The van der Waals surface area contributed by atoms with Crippen LogP contribution in [0.4, 0.5) is 23.2 Å². The minimum atomic E-state index is -4.60. The quantitative estimate of drug-likeness (QED) is 0.616. The lowest BCUT2D eigenvalue weighted by atomic mass is 10.1. The van der Waals surface area contributed by atoms with Crippen LogP contribution in [0, 0.1) is 5.82 Å². The van der Waals surface area contributed by atoms with Crippen LogP contribution in [0.5, 0.6) is 0 Å². The highest BCUT2D eigenvalue weighted by Gasteiger charge is 2.31. The van der Waals surface area contributed by atoms with Crippen LogP contribution in [0.1, 0.15) is 36.9 Å². The summed E-state index contributed by atoms with van der Waals surface area (Å²) in [5, 5.41) is 2.72. The maximum atomic E-state index is 13.0. The molecule has 0 radical (unpaired) electrons. The monoisotopic (exact) mass is 446 g/mol. The van der Waals surface area contributed by atoms with E-state index in [9.17, 15) is 30.8 Å². The Morgan fingerprint density at radius 2 is 1.77 bits per heavy atom. The zero-order valence-corrected chi connectivity index (χ0v) is 17.2. The Hall–Kier alpha value is -2.62. The van der Waals surface area contributed by atoms with Gasteiger partial charge < -0.3 is 5.32 Å². The first-order valence-corrected chi connectivity index (χ1v) is 10.9. The van der Waals surface area contributed by atoms with Gasteiger partial charge in [0.15, 0.2) is 0 Å². The van der Waals surface area contributed by atoms with Gasteiger partial charge in [-0.2, -0.15) is 13.2 Å². The number of halogens is 4. The molecule has 0 aliphatic heterocycles. The van der Waals surface area contributed by atoms with Crippen LogP contribution in [0.15, 0.2) is 48.5 Å². The van der Waals surface area contributed by atoms with Crippen molar-refractivity contribution in [2.24, 2.45) is 0 Å². The fourth-order valence-electron chi connectivity index (χ4n) is 2.86.